The topological polar surface area (TPSA) is 0 Å². The van der Waals surface area contributed by atoms with Crippen molar-refractivity contribution in [2.24, 2.45) is 29.6 Å². The average molecular weight is 373 g/mol. The quantitative estimate of drug-likeness (QED) is 0.504. The minimum absolute atomic E-state index is 0.913. The molecule has 0 radical (unpaired) electrons. The van der Waals surface area contributed by atoms with E-state index in [4.69, 9.17) is 11.6 Å². The van der Waals surface area contributed by atoms with E-state index in [9.17, 15) is 0 Å². The van der Waals surface area contributed by atoms with Gasteiger partial charge in [-0.25, -0.2) is 0 Å². The molecule has 0 aromatic heterocycles. The Morgan fingerprint density at radius 2 is 1.38 bits per heavy atom. The molecule has 0 saturated heterocycles. The van der Waals surface area contributed by atoms with Crippen LogP contribution in [0.4, 0.5) is 0 Å². The van der Waals surface area contributed by atoms with E-state index in [0.717, 1.165) is 34.6 Å². The fraction of sp³-hybridized carbons (Fsp3) is 0.760. The van der Waals surface area contributed by atoms with E-state index in [1.165, 1.54) is 89.0 Å². The maximum Gasteiger partial charge on any atom is 0.0408 e. The summed E-state index contributed by atoms with van der Waals surface area (Å²) in [6, 6.07) is 6.59. The first-order chi connectivity index (χ1) is 12.7. The van der Waals surface area contributed by atoms with E-state index in [-0.39, 0.29) is 0 Å². The number of benzene rings is 1. The Morgan fingerprint density at radius 1 is 0.769 bits per heavy atom. The minimum Gasteiger partial charge on any atom is -0.0843 e. The van der Waals surface area contributed by atoms with Crippen LogP contribution >= 0.6 is 11.6 Å². The number of hydrogen-bond acceptors (Lipinski definition) is 0. The highest BCUT2D eigenvalue weighted by Gasteiger charge is 2.34. The molecule has 0 heterocycles. The van der Waals surface area contributed by atoms with Gasteiger partial charge in [0.15, 0.2) is 0 Å². The first kappa shape index (κ1) is 18.9. The molecule has 0 aliphatic heterocycles. The normalized spacial score (nSPS) is 35.1. The first-order valence-corrected chi connectivity index (χ1v) is 11.9. The largest absolute Gasteiger partial charge is 0.0843 e. The zero-order chi connectivity index (χ0) is 17.9. The fourth-order valence-electron chi connectivity index (χ4n) is 6.60. The third-order valence-corrected chi connectivity index (χ3v) is 8.41. The third-order valence-electron chi connectivity index (χ3n) is 8.17. The maximum absolute atomic E-state index is 6.18. The van der Waals surface area contributed by atoms with Gasteiger partial charge in [0.1, 0.15) is 0 Å². The van der Waals surface area contributed by atoms with Crippen molar-refractivity contribution in [2.75, 3.05) is 0 Å². The molecule has 0 spiro atoms. The van der Waals surface area contributed by atoms with Crippen LogP contribution in [0.1, 0.15) is 88.7 Å². The van der Waals surface area contributed by atoms with Gasteiger partial charge in [-0.05, 0) is 111 Å². The molecular formula is C25H37Cl. The maximum atomic E-state index is 6.18. The summed E-state index contributed by atoms with van der Waals surface area (Å²) in [6.07, 6.45) is 19.0. The summed E-state index contributed by atoms with van der Waals surface area (Å²) in [4.78, 5) is 0. The molecule has 1 aromatic rings. The summed E-state index contributed by atoms with van der Waals surface area (Å²) >= 11 is 6.18. The molecule has 0 bridgehead atoms. The highest BCUT2D eigenvalue weighted by Crippen LogP contribution is 2.45. The second kappa shape index (κ2) is 8.68. The van der Waals surface area contributed by atoms with Gasteiger partial charge >= 0.3 is 0 Å². The molecule has 0 nitrogen and oxygen atoms in total. The van der Waals surface area contributed by atoms with Gasteiger partial charge < -0.3 is 0 Å². The summed E-state index contributed by atoms with van der Waals surface area (Å²) in [5.41, 5.74) is 3.10. The van der Waals surface area contributed by atoms with Gasteiger partial charge in [-0.1, -0.05) is 50.3 Å². The molecule has 2 saturated carbocycles. The molecule has 1 aromatic carbocycles. The lowest BCUT2D eigenvalue weighted by molar-refractivity contribution is 0.119. The first-order valence-electron chi connectivity index (χ1n) is 11.5. The van der Waals surface area contributed by atoms with Crippen molar-refractivity contribution >= 4 is 11.6 Å². The van der Waals surface area contributed by atoms with E-state index in [1.807, 2.05) is 0 Å². The monoisotopic (exact) mass is 372 g/mol. The smallest absolute Gasteiger partial charge is 0.0408 e. The average Bonchev–Trinajstić information content (AvgIpc) is 2.69. The third kappa shape index (κ3) is 4.32. The van der Waals surface area contributed by atoms with E-state index in [0.29, 0.717) is 0 Å². The molecule has 1 atom stereocenters. The van der Waals surface area contributed by atoms with Crippen molar-refractivity contribution in [3.05, 3.63) is 34.3 Å². The fourth-order valence-corrected chi connectivity index (χ4v) is 6.79. The molecule has 144 valence electrons. The highest BCUT2D eigenvalue weighted by atomic mass is 35.5. The van der Waals surface area contributed by atoms with Crippen LogP contribution in [0.3, 0.4) is 0 Å². The lowest BCUT2D eigenvalue weighted by atomic mass is 9.65. The van der Waals surface area contributed by atoms with Crippen molar-refractivity contribution in [2.45, 2.75) is 90.4 Å². The lowest BCUT2D eigenvalue weighted by Crippen LogP contribution is -2.30. The van der Waals surface area contributed by atoms with Gasteiger partial charge in [0, 0.05) is 5.02 Å². The Hall–Kier alpha value is -0.490. The van der Waals surface area contributed by atoms with Crippen LogP contribution in [0.5, 0.6) is 0 Å². The van der Waals surface area contributed by atoms with Crippen molar-refractivity contribution in [1.82, 2.24) is 0 Å². The number of fused-ring (bicyclic) bond motifs is 1. The summed E-state index contributed by atoms with van der Waals surface area (Å²) in [7, 11) is 0. The molecule has 0 N–H and O–H groups in total. The molecule has 3 aliphatic carbocycles. The van der Waals surface area contributed by atoms with E-state index < -0.39 is 0 Å². The number of hydrogen-bond donors (Lipinski definition) is 0. The summed E-state index contributed by atoms with van der Waals surface area (Å²) < 4.78 is 0. The summed E-state index contributed by atoms with van der Waals surface area (Å²) in [6.45, 7) is 2.35. The Balaban J connectivity index is 1.26. The van der Waals surface area contributed by atoms with Crippen LogP contribution in [-0.2, 0) is 12.8 Å². The molecule has 4 rings (SSSR count). The molecule has 0 amide bonds. The summed E-state index contributed by atoms with van der Waals surface area (Å²) in [5.74, 6) is 5.11. The Morgan fingerprint density at radius 3 is 2.04 bits per heavy atom. The van der Waals surface area contributed by atoms with Gasteiger partial charge in [0.05, 0.1) is 0 Å². The molecule has 1 unspecified atom stereocenters. The number of halogens is 1. The van der Waals surface area contributed by atoms with Crippen molar-refractivity contribution < 1.29 is 0 Å². The minimum atomic E-state index is 0.913. The predicted octanol–water partition coefficient (Wildman–Crippen LogP) is 7.86. The SMILES string of the molecule is CCCC1CCC(C2CCC(C3CCc4cc(Cl)ccc4C3)CC2)CC1. The van der Waals surface area contributed by atoms with E-state index >= 15 is 0 Å². The van der Waals surface area contributed by atoms with Crippen LogP contribution in [0.2, 0.25) is 5.02 Å². The molecule has 1 heteroatoms. The molecule has 2 fully saturated rings. The predicted molar refractivity (Wildman–Crippen MR) is 113 cm³/mol. The standard InChI is InChI=1S/C25H37Cl/c1-2-3-18-4-6-19(7-5-18)20-8-10-21(11-9-20)22-12-13-24-17-25(26)15-14-23(24)16-22/h14-15,17-22H,2-13,16H2,1H3. The Bertz CT molecular complexity index is 576. The van der Waals surface area contributed by atoms with Crippen LogP contribution in [0.15, 0.2) is 18.2 Å². The second-order valence-electron chi connectivity index (χ2n) is 9.66. The molecular weight excluding hydrogens is 336 g/mol. The van der Waals surface area contributed by atoms with Crippen molar-refractivity contribution in [3.63, 3.8) is 0 Å². The lowest BCUT2D eigenvalue weighted by Gasteiger charge is -2.41. The van der Waals surface area contributed by atoms with Gasteiger partial charge in [-0.2, -0.15) is 0 Å². The number of aryl methyl sites for hydroxylation is 1. The van der Waals surface area contributed by atoms with Gasteiger partial charge in [0.25, 0.3) is 0 Å². The van der Waals surface area contributed by atoms with E-state index in [2.05, 4.69) is 25.1 Å². The zero-order valence-corrected chi connectivity index (χ0v) is 17.4. The van der Waals surface area contributed by atoms with Gasteiger partial charge in [0.2, 0.25) is 0 Å². The van der Waals surface area contributed by atoms with Crippen LogP contribution in [0.25, 0.3) is 0 Å². The molecule has 3 aliphatic rings. The van der Waals surface area contributed by atoms with E-state index in [1.54, 1.807) is 5.56 Å². The van der Waals surface area contributed by atoms with Gasteiger partial charge in [-0.15, -0.1) is 0 Å². The van der Waals surface area contributed by atoms with Crippen molar-refractivity contribution in [3.8, 4) is 0 Å². The van der Waals surface area contributed by atoms with Gasteiger partial charge in [-0.3, -0.25) is 0 Å². The van der Waals surface area contributed by atoms with Crippen LogP contribution in [0, 0.1) is 29.6 Å². The zero-order valence-electron chi connectivity index (χ0n) is 16.7. The van der Waals surface area contributed by atoms with Crippen LogP contribution in [-0.4, -0.2) is 0 Å². The Labute approximate surface area is 166 Å². The van der Waals surface area contributed by atoms with Crippen LogP contribution < -0.4 is 0 Å². The summed E-state index contributed by atoms with van der Waals surface area (Å²) in [5, 5.41) is 0.913. The Kier molecular flexibility index (Phi) is 6.29. The number of rotatable bonds is 4. The second-order valence-corrected chi connectivity index (χ2v) is 10.1. The molecule has 26 heavy (non-hydrogen) atoms. The van der Waals surface area contributed by atoms with Crippen molar-refractivity contribution in [1.29, 1.82) is 0 Å². The highest BCUT2D eigenvalue weighted by molar-refractivity contribution is 6.30.